The normalized spacial score (nSPS) is 13.0. The maximum Gasteiger partial charge on any atom is 0.240 e. The van der Waals surface area contributed by atoms with Crippen LogP contribution in [0.1, 0.15) is 17.2 Å². The zero-order valence-corrected chi connectivity index (χ0v) is 14.4. The summed E-state index contributed by atoms with van der Waals surface area (Å²) in [4.78, 5) is 1.06. The number of thioether (sulfide) groups is 1. The molecule has 0 amide bonds. The van der Waals surface area contributed by atoms with Gasteiger partial charge < -0.3 is 5.11 Å². The van der Waals surface area contributed by atoms with Gasteiger partial charge in [-0.3, -0.25) is 0 Å². The monoisotopic (exact) mass is 355 g/mol. The molecule has 0 heterocycles. The Bertz CT molecular complexity index is 776. The van der Waals surface area contributed by atoms with Crippen LogP contribution in [0.5, 0.6) is 0 Å². The average Bonchev–Trinajstić information content (AvgIpc) is 2.52. The van der Waals surface area contributed by atoms with Crippen LogP contribution < -0.4 is 4.72 Å². The maximum atomic E-state index is 13.1. The van der Waals surface area contributed by atoms with Crippen molar-refractivity contribution in [3.8, 4) is 0 Å². The number of benzene rings is 2. The second-order valence-corrected chi connectivity index (χ2v) is 7.67. The highest BCUT2D eigenvalue weighted by molar-refractivity contribution is 7.98. The van der Waals surface area contributed by atoms with Crippen LogP contribution in [0, 0.1) is 12.7 Å². The standard InChI is InChI=1S/C16H18FNO3S2/c1-11-9-13(17)5-8-16(11)23(20,21)18-10-15(19)12-3-6-14(22-2)7-4-12/h3-9,15,18-19H,10H2,1-2H3/t15-/m1/s1. The summed E-state index contributed by atoms with van der Waals surface area (Å²) in [6.07, 6.45) is 0.992. The topological polar surface area (TPSA) is 66.4 Å². The lowest BCUT2D eigenvalue weighted by Crippen LogP contribution is -2.29. The largest absolute Gasteiger partial charge is 0.387 e. The minimum atomic E-state index is -3.80. The predicted molar refractivity (Wildman–Crippen MR) is 89.5 cm³/mol. The zero-order valence-electron chi connectivity index (χ0n) is 12.8. The molecule has 4 nitrogen and oxygen atoms in total. The van der Waals surface area contributed by atoms with Crippen molar-refractivity contribution in [2.75, 3.05) is 12.8 Å². The first-order valence-electron chi connectivity index (χ1n) is 6.91. The first kappa shape index (κ1) is 17.9. The molecule has 0 bridgehead atoms. The highest BCUT2D eigenvalue weighted by Crippen LogP contribution is 2.20. The SMILES string of the molecule is CSc1ccc([C@H](O)CNS(=O)(=O)c2ccc(F)cc2C)cc1. The van der Waals surface area contributed by atoms with Crippen LogP contribution in [0.15, 0.2) is 52.3 Å². The fourth-order valence-corrected chi connectivity index (χ4v) is 3.80. The van der Waals surface area contributed by atoms with Gasteiger partial charge in [-0.1, -0.05) is 12.1 Å². The molecule has 0 aliphatic heterocycles. The maximum absolute atomic E-state index is 13.1. The number of aliphatic hydroxyl groups excluding tert-OH is 1. The third kappa shape index (κ3) is 4.54. The molecule has 1 atom stereocenters. The molecule has 0 aliphatic rings. The van der Waals surface area contributed by atoms with Crippen LogP contribution in [-0.2, 0) is 10.0 Å². The minimum Gasteiger partial charge on any atom is -0.387 e. The fraction of sp³-hybridized carbons (Fsp3) is 0.250. The van der Waals surface area contributed by atoms with Crippen molar-refractivity contribution < 1.29 is 17.9 Å². The van der Waals surface area contributed by atoms with Gasteiger partial charge >= 0.3 is 0 Å². The van der Waals surface area contributed by atoms with Crippen molar-refractivity contribution in [3.63, 3.8) is 0 Å². The summed E-state index contributed by atoms with van der Waals surface area (Å²) in [5, 5.41) is 10.1. The van der Waals surface area contributed by atoms with E-state index in [0.29, 0.717) is 11.1 Å². The number of aryl methyl sites for hydroxylation is 1. The van der Waals surface area contributed by atoms with Gasteiger partial charge in [0.05, 0.1) is 11.0 Å². The van der Waals surface area contributed by atoms with Gasteiger partial charge in [0.2, 0.25) is 10.0 Å². The van der Waals surface area contributed by atoms with Gasteiger partial charge in [0.25, 0.3) is 0 Å². The van der Waals surface area contributed by atoms with Crippen molar-refractivity contribution in [1.82, 2.24) is 4.72 Å². The molecule has 0 fully saturated rings. The zero-order chi connectivity index (χ0) is 17.0. The van der Waals surface area contributed by atoms with Crippen LogP contribution >= 0.6 is 11.8 Å². The molecule has 0 saturated carbocycles. The first-order chi connectivity index (χ1) is 10.8. The molecule has 124 valence electrons. The molecule has 0 aromatic heterocycles. The average molecular weight is 355 g/mol. The molecular weight excluding hydrogens is 337 g/mol. The van der Waals surface area contributed by atoms with E-state index in [1.54, 1.807) is 23.9 Å². The number of halogens is 1. The van der Waals surface area contributed by atoms with Crippen LogP contribution in [0.4, 0.5) is 4.39 Å². The molecule has 0 spiro atoms. The Morgan fingerprint density at radius 1 is 1.22 bits per heavy atom. The lowest BCUT2D eigenvalue weighted by atomic mass is 10.1. The van der Waals surface area contributed by atoms with Crippen LogP contribution in [0.2, 0.25) is 0 Å². The number of aliphatic hydroxyl groups is 1. The van der Waals surface area contributed by atoms with Gasteiger partial charge in [-0.2, -0.15) is 0 Å². The third-order valence-electron chi connectivity index (χ3n) is 3.39. The molecule has 7 heteroatoms. The van der Waals surface area contributed by atoms with Crippen LogP contribution in [0.25, 0.3) is 0 Å². The number of nitrogens with one attached hydrogen (secondary N) is 1. The van der Waals surface area contributed by atoms with E-state index in [2.05, 4.69) is 4.72 Å². The Hall–Kier alpha value is -1.41. The highest BCUT2D eigenvalue weighted by Gasteiger charge is 2.19. The van der Waals surface area contributed by atoms with Gasteiger partial charge in [0, 0.05) is 11.4 Å². The number of hydrogen-bond acceptors (Lipinski definition) is 4. The van der Waals surface area contributed by atoms with E-state index >= 15 is 0 Å². The lowest BCUT2D eigenvalue weighted by Gasteiger charge is -2.14. The summed E-state index contributed by atoms with van der Waals surface area (Å²) in [6, 6.07) is 10.7. The van der Waals surface area contributed by atoms with E-state index < -0.39 is 21.9 Å². The summed E-state index contributed by atoms with van der Waals surface area (Å²) in [6.45, 7) is 1.37. The molecule has 2 rings (SSSR count). The van der Waals surface area contributed by atoms with E-state index in [9.17, 15) is 17.9 Å². The van der Waals surface area contributed by atoms with Gasteiger partial charge in [-0.15, -0.1) is 11.8 Å². The Balaban J connectivity index is 2.08. The van der Waals surface area contributed by atoms with Gasteiger partial charge in [0.1, 0.15) is 5.82 Å². The fourth-order valence-electron chi connectivity index (χ4n) is 2.12. The molecular formula is C16H18FNO3S2. The Labute approximate surface area is 139 Å². The molecule has 2 aromatic carbocycles. The quantitative estimate of drug-likeness (QED) is 0.782. The van der Waals surface area contributed by atoms with Gasteiger partial charge in [-0.25, -0.2) is 17.5 Å². The third-order valence-corrected chi connectivity index (χ3v) is 5.72. The van der Waals surface area contributed by atoms with E-state index in [4.69, 9.17) is 0 Å². The Morgan fingerprint density at radius 3 is 2.43 bits per heavy atom. The predicted octanol–water partition coefficient (Wildman–Crippen LogP) is 2.87. The summed E-state index contributed by atoms with van der Waals surface area (Å²) < 4.78 is 39.9. The molecule has 0 unspecified atom stereocenters. The second-order valence-electron chi connectivity index (χ2n) is 5.05. The molecule has 0 saturated heterocycles. The van der Waals surface area contributed by atoms with Crippen molar-refractivity contribution in [2.24, 2.45) is 0 Å². The second kappa shape index (κ2) is 7.44. The molecule has 0 aliphatic carbocycles. The van der Waals surface area contributed by atoms with Crippen molar-refractivity contribution in [2.45, 2.75) is 22.8 Å². The van der Waals surface area contributed by atoms with Crippen molar-refractivity contribution in [3.05, 3.63) is 59.4 Å². The van der Waals surface area contributed by atoms with E-state index in [1.165, 1.54) is 13.0 Å². The summed E-state index contributed by atoms with van der Waals surface area (Å²) in [7, 11) is -3.80. The van der Waals surface area contributed by atoms with Crippen molar-refractivity contribution in [1.29, 1.82) is 0 Å². The number of sulfonamides is 1. The highest BCUT2D eigenvalue weighted by atomic mass is 32.2. The first-order valence-corrected chi connectivity index (χ1v) is 9.62. The molecule has 0 radical (unpaired) electrons. The lowest BCUT2D eigenvalue weighted by molar-refractivity contribution is 0.182. The molecule has 2 N–H and O–H groups in total. The van der Waals surface area contributed by atoms with Gasteiger partial charge in [0.15, 0.2) is 0 Å². The van der Waals surface area contributed by atoms with E-state index in [0.717, 1.165) is 17.0 Å². The smallest absolute Gasteiger partial charge is 0.240 e. The van der Waals surface area contributed by atoms with Gasteiger partial charge in [-0.05, 0) is 54.6 Å². The van der Waals surface area contributed by atoms with Crippen molar-refractivity contribution >= 4 is 21.8 Å². The Kier molecular flexibility index (Phi) is 5.80. The van der Waals surface area contributed by atoms with Crippen LogP contribution in [0.3, 0.4) is 0 Å². The summed E-state index contributed by atoms with van der Waals surface area (Å²) in [5.74, 6) is -0.490. The number of hydrogen-bond donors (Lipinski definition) is 2. The van der Waals surface area contributed by atoms with E-state index in [1.807, 2.05) is 18.4 Å². The summed E-state index contributed by atoms with van der Waals surface area (Å²) in [5.41, 5.74) is 0.942. The minimum absolute atomic E-state index is 0.00355. The van der Waals surface area contributed by atoms with Crippen LogP contribution in [-0.4, -0.2) is 26.3 Å². The Morgan fingerprint density at radius 2 is 1.87 bits per heavy atom. The molecule has 2 aromatic rings. The number of rotatable bonds is 6. The summed E-state index contributed by atoms with van der Waals surface area (Å²) >= 11 is 1.58. The molecule has 23 heavy (non-hydrogen) atoms. The van der Waals surface area contributed by atoms with E-state index in [-0.39, 0.29) is 11.4 Å².